The van der Waals surface area contributed by atoms with Gasteiger partial charge in [0.2, 0.25) is 5.91 Å². The maximum Gasteiger partial charge on any atom is 0.238 e. The number of carbonyl (C=O) groups is 1. The largest absolute Gasteiger partial charge is 0.325 e. The van der Waals surface area contributed by atoms with Crippen LogP contribution in [0.3, 0.4) is 0 Å². The van der Waals surface area contributed by atoms with Crippen molar-refractivity contribution in [3.8, 4) is 0 Å². The van der Waals surface area contributed by atoms with E-state index in [1.54, 1.807) is 12.1 Å². The quantitative estimate of drug-likeness (QED) is 0.863. The van der Waals surface area contributed by atoms with Gasteiger partial charge in [-0.3, -0.25) is 14.6 Å². The van der Waals surface area contributed by atoms with E-state index in [4.69, 9.17) is 11.6 Å². The number of anilines is 1. The first kappa shape index (κ1) is 18.8. The minimum atomic E-state index is -0.313. The van der Waals surface area contributed by atoms with E-state index in [9.17, 15) is 9.18 Å². The third-order valence-electron chi connectivity index (χ3n) is 4.81. The van der Waals surface area contributed by atoms with E-state index in [0.29, 0.717) is 12.2 Å². The molecule has 2 aromatic rings. The number of halogens is 2. The molecule has 1 heterocycles. The predicted molar refractivity (Wildman–Crippen MR) is 103 cm³/mol. The summed E-state index contributed by atoms with van der Waals surface area (Å²) in [5.41, 5.74) is 1.75. The number of amides is 1. The average Bonchev–Trinajstić information content (AvgIpc) is 2.64. The molecule has 1 aliphatic rings. The van der Waals surface area contributed by atoms with Crippen LogP contribution in [0.1, 0.15) is 18.5 Å². The van der Waals surface area contributed by atoms with Crippen molar-refractivity contribution in [2.75, 3.05) is 38.0 Å². The zero-order valence-corrected chi connectivity index (χ0v) is 15.5. The van der Waals surface area contributed by atoms with Crippen LogP contribution in [0.2, 0.25) is 5.02 Å². The monoisotopic (exact) mass is 375 g/mol. The van der Waals surface area contributed by atoms with Gasteiger partial charge in [0.25, 0.3) is 0 Å². The molecular formula is C20H23ClFN3O. The number of nitrogens with zero attached hydrogens (tertiary/aromatic N) is 2. The van der Waals surface area contributed by atoms with Gasteiger partial charge in [0.15, 0.2) is 0 Å². The minimum Gasteiger partial charge on any atom is -0.325 e. The number of hydrogen-bond acceptors (Lipinski definition) is 3. The Bertz CT molecular complexity index is 745. The van der Waals surface area contributed by atoms with Crippen LogP contribution >= 0.6 is 11.6 Å². The summed E-state index contributed by atoms with van der Waals surface area (Å²) < 4.78 is 12.9. The molecular weight excluding hydrogens is 353 g/mol. The fourth-order valence-corrected chi connectivity index (χ4v) is 3.55. The first-order valence-corrected chi connectivity index (χ1v) is 9.17. The molecule has 2 aromatic carbocycles. The predicted octanol–water partition coefficient (Wildman–Crippen LogP) is 3.80. The standard InChI is InChI=1S/C20H23ClFN3O/c1-15(18-4-2-3-5-19(18)21)25-12-10-24(11-13-25)14-20(26)23-17-8-6-16(22)7-9-17/h2-9,15H,10-14H2,1H3,(H,23,26)/t15-/m0/s1. The lowest BCUT2D eigenvalue weighted by atomic mass is 10.1. The molecule has 0 aromatic heterocycles. The average molecular weight is 376 g/mol. The van der Waals surface area contributed by atoms with Gasteiger partial charge < -0.3 is 5.32 Å². The number of hydrogen-bond donors (Lipinski definition) is 1. The fraction of sp³-hybridized carbons (Fsp3) is 0.350. The molecule has 1 atom stereocenters. The van der Waals surface area contributed by atoms with Crippen molar-refractivity contribution in [2.24, 2.45) is 0 Å². The van der Waals surface area contributed by atoms with E-state index in [0.717, 1.165) is 36.8 Å². The second-order valence-corrected chi connectivity index (χ2v) is 6.97. The Labute approximate surface area is 158 Å². The van der Waals surface area contributed by atoms with Crippen molar-refractivity contribution in [3.63, 3.8) is 0 Å². The lowest BCUT2D eigenvalue weighted by Crippen LogP contribution is -2.49. The first-order chi connectivity index (χ1) is 12.5. The van der Waals surface area contributed by atoms with E-state index < -0.39 is 0 Å². The molecule has 1 aliphatic heterocycles. The molecule has 0 radical (unpaired) electrons. The molecule has 1 N–H and O–H groups in total. The van der Waals surface area contributed by atoms with Gasteiger partial charge in [-0.15, -0.1) is 0 Å². The van der Waals surface area contributed by atoms with Gasteiger partial charge in [0.05, 0.1) is 6.54 Å². The van der Waals surface area contributed by atoms with Gasteiger partial charge in [-0.2, -0.15) is 0 Å². The molecule has 1 fully saturated rings. The number of rotatable bonds is 5. The fourth-order valence-electron chi connectivity index (χ4n) is 3.26. The van der Waals surface area contributed by atoms with Crippen molar-refractivity contribution < 1.29 is 9.18 Å². The molecule has 1 saturated heterocycles. The molecule has 4 nitrogen and oxygen atoms in total. The van der Waals surface area contributed by atoms with E-state index in [1.807, 2.05) is 18.2 Å². The Hall–Kier alpha value is -1.95. The number of nitrogens with one attached hydrogen (secondary N) is 1. The highest BCUT2D eigenvalue weighted by Crippen LogP contribution is 2.27. The highest BCUT2D eigenvalue weighted by Gasteiger charge is 2.24. The van der Waals surface area contributed by atoms with E-state index >= 15 is 0 Å². The molecule has 6 heteroatoms. The summed E-state index contributed by atoms with van der Waals surface area (Å²) in [5.74, 6) is -0.393. The van der Waals surface area contributed by atoms with E-state index in [-0.39, 0.29) is 17.8 Å². The molecule has 0 saturated carbocycles. The Morgan fingerprint density at radius 2 is 1.77 bits per heavy atom. The van der Waals surface area contributed by atoms with Crippen molar-refractivity contribution in [2.45, 2.75) is 13.0 Å². The van der Waals surface area contributed by atoms with Crippen LogP contribution in [-0.2, 0) is 4.79 Å². The Kier molecular flexibility index (Phi) is 6.25. The Balaban J connectivity index is 1.48. The van der Waals surface area contributed by atoms with Crippen LogP contribution in [-0.4, -0.2) is 48.4 Å². The molecule has 26 heavy (non-hydrogen) atoms. The van der Waals surface area contributed by atoms with E-state index in [2.05, 4.69) is 28.1 Å². The minimum absolute atomic E-state index is 0.0794. The summed E-state index contributed by atoms with van der Waals surface area (Å²) in [6.07, 6.45) is 0. The molecule has 0 bridgehead atoms. The van der Waals surface area contributed by atoms with E-state index in [1.165, 1.54) is 12.1 Å². The summed E-state index contributed by atoms with van der Waals surface area (Å²) in [4.78, 5) is 16.7. The SMILES string of the molecule is C[C@@H](c1ccccc1Cl)N1CCN(CC(=O)Nc2ccc(F)cc2)CC1. The van der Waals surface area contributed by atoms with Crippen LogP contribution in [0, 0.1) is 5.82 Å². The lowest BCUT2D eigenvalue weighted by molar-refractivity contribution is -0.117. The van der Waals surface area contributed by atoms with Gasteiger partial charge in [0.1, 0.15) is 5.82 Å². The number of piperazine rings is 1. The second kappa shape index (κ2) is 8.62. The van der Waals surface area contributed by atoms with Crippen molar-refractivity contribution in [1.82, 2.24) is 9.80 Å². The first-order valence-electron chi connectivity index (χ1n) is 8.79. The van der Waals surface area contributed by atoms with Crippen LogP contribution in [0.25, 0.3) is 0 Å². The number of benzene rings is 2. The summed E-state index contributed by atoms with van der Waals surface area (Å²) in [6.45, 7) is 5.92. The summed E-state index contributed by atoms with van der Waals surface area (Å²) in [7, 11) is 0. The maximum atomic E-state index is 12.9. The zero-order chi connectivity index (χ0) is 18.5. The maximum absolute atomic E-state index is 12.9. The van der Waals surface area contributed by atoms with Gasteiger partial charge in [-0.25, -0.2) is 4.39 Å². The van der Waals surface area contributed by atoms with Crippen LogP contribution < -0.4 is 5.32 Å². The van der Waals surface area contributed by atoms with Crippen LogP contribution in [0.15, 0.2) is 48.5 Å². The second-order valence-electron chi connectivity index (χ2n) is 6.56. The molecule has 138 valence electrons. The van der Waals surface area contributed by atoms with Gasteiger partial charge >= 0.3 is 0 Å². The lowest BCUT2D eigenvalue weighted by Gasteiger charge is -2.38. The molecule has 3 rings (SSSR count). The van der Waals surface area contributed by atoms with Crippen molar-refractivity contribution in [3.05, 3.63) is 64.9 Å². The van der Waals surface area contributed by atoms with Gasteiger partial charge in [0, 0.05) is 42.9 Å². The molecule has 0 spiro atoms. The highest BCUT2D eigenvalue weighted by atomic mass is 35.5. The normalized spacial score (nSPS) is 17.0. The third-order valence-corrected chi connectivity index (χ3v) is 5.15. The van der Waals surface area contributed by atoms with Gasteiger partial charge in [-0.1, -0.05) is 29.8 Å². The smallest absolute Gasteiger partial charge is 0.238 e. The van der Waals surface area contributed by atoms with Crippen LogP contribution in [0.5, 0.6) is 0 Å². The summed E-state index contributed by atoms with van der Waals surface area (Å²) >= 11 is 6.31. The highest BCUT2D eigenvalue weighted by molar-refractivity contribution is 6.31. The van der Waals surface area contributed by atoms with Crippen LogP contribution in [0.4, 0.5) is 10.1 Å². The van der Waals surface area contributed by atoms with Gasteiger partial charge in [-0.05, 0) is 42.8 Å². The summed E-state index contributed by atoms with van der Waals surface area (Å²) in [5, 5.41) is 3.60. The molecule has 0 aliphatic carbocycles. The molecule has 0 unspecified atom stereocenters. The third kappa shape index (κ3) is 4.81. The zero-order valence-electron chi connectivity index (χ0n) is 14.8. The van der Waals surface area contributed by atoms with Crippen molar-refractivity contribution in [1.29, 1.82) is 0 Å². The Morgan fingerprint density at radius 3 is 2.42 bits per heavy atom. The summed E-state index contributed by atoms with van der Waals surface area (Å²) in [6, 6.07) is 14.0. The van der Waals surface area contributed by atoms with Crippen molar-refractivity contribution >= 4 is 23.2 Å². The topological polar surface area (TPSA) is 35.6 Å². The number of carbonyl (C=O) groups excluding carboxylic acids is 1. The molecule has 1 amide bonds. The Morgan fingerprint density at radius 1 is 1.12 bits per heavy atom.